The predicted octanol–water partition coefficient (Wildman–Crippen LogP) is 3.88. The number of carbonyl (C=O) groups is 1. The first-order valence-corrected chi connectivity index (χ1v) is 7.38. The van der Waals surface area contributed by atoms with E-state index in [4.69, 9.17) is 4.74 Å². The van der Waals surface area contributed by atoms with Crippen molar-refractivity contribution in [2.75, 3.05) is 7.11 Å². The Balaban J connectivity index is 2.04. The first kappa shape index (κ1) is 13.1. The smallest absolute Gasteiger partial charge is 0.167 e. The minimum atomic E-state index is -0.409. The Bertz CT molecular complexity index is 246. The van der Waals surface area contributed by atoms with Crippen LogP contribution in [-0.4, -0.2) is 18.5 Å². The van der Waals surface area contributed by atoms with E-state index in [0.717, 1.165) is 38.5 Å². The van der Waals surface area contributed by atoms with Gasteiger partial charge in [-0.1, -0.05) is 44.9 Å². The molecule has 0 heterocycles. The first-order valence-electron chi connectivity index (χ1n) is 7.38. The van der Waals surface area contributed by atoms with Gasteiger partial charge in [-0.15, -0.1) is 0 Å². The van der Waals surface area contributed by atoms with E-state index in [2.05, 4.69) is 0 Å². The van der Waals surface area contributed by atoms with Crippen LogP contribution in [0.4, 0.5) is 0 Å². The van der Waals surface area contributed by atoms with Crippen LogP contribution in [0.25, 0.3) is 0 Å². The summed E-state index contributed by atoms with van der Waals surface area (Å²) in [6, 6.07) is 0. The molecule has 2 fully saturated rings. The van der Waals surface area contributed by atoms with E-state index in [1.54, 1.807) is 7.11 Å². The molecule has 0 saturated heterocycles. The minimum Gasteiger partial charge on any atom is -0.370 e. The van der Waals surface area contributed by atoms with Gasteiger partial charge in [-0.2, -0.15) is 0 Å². The monoisotopic (exact) mass is 238 g/mol. The van der Waals surface area contributed by atoms with Crippen LogP contribution < -0.4 is 0 Å². The third kappa shape index (κ3) is 2.90. The summed E-state index contributed by atoms with van der Waals surface area (Å²) in [7, 11) is 1.74. The van der Waals surface area contributed by atoms with Crippen LogP contribution >= 0.6 is 0 Å². The van der Waals surface area contributed by atoms with E-state index in [1.807, 2.05) is 0 Å². The van der Waals surface area contributed by atoms with E-state index in [-0.39, 0.29) is 5.92 Å². The summed E-state index contributed by atoms with van der Waals surface area (Å²) in [5.74, 6) is 0.720. The summed E-state index contributed by atoms with van der Waals surface area (Å²) < 4.78 is 5.69. The van der Waals surface area contributed by atoms with E-state index in [9.17, 15) is 4.79 Å². The van der Waals surface area contributed by atoms with E-state index >= 15 is 0 Å². The van der Waals surface area contributed by atoms with E-state index in [0.29, 0.717) is 5.78 Å². The van der Waals surface area contributed by atoms with Gasteiger partial charge in [0.25, 0.3) is 0 Å². The molecule has 98 valence electrons. The molecule has 0 radical (unpaired) electrons. The molecule has 2 aliphatic carbocycles. The van der Waals surface area contributed by atoms with Crippen molar-refractivity contribution in [3.05, 3.63) is 0 Å². The molecule has 0 aromatic heterocycles. The number of hydrogen-bond donors (Lipinski definition) is 0. The van der Waals surface area contributed by atoms with E-state index < -0.39 is 5.60 Å². The van der Waals surface area contributed by atoms with Crippen molar-refractivity contribution in [2.24, 2.45) is 5.92 Å². The number of hydrogen-bond acceptors (Lipinski definition) is 2. The molecular formula is C15H26O2. The highest BCUT2D eigenvalue weighted by molar-refractivity contribution is 5.89. The van der Waals surface area contributed by atoms with Crippen LogP contribution in [0.5, 0.6) is 0 Å². The number of ether oxygens (including phenoxy) is 1. The standard InChI is InChI=1S/C15H26O2/c1-17-15(11-7-4-8-12-15)14(16)13-9-5-2-3-6-10-13/h13H,2-12H2,1H3. The van der Waals surface area contributed by atoms with Gasteiger partial charge in [0.1, 0.15) is 5.60 Å². The zero-order valence-electron chi connectivity index (χ0n) is 11.2. The highest BCUT2D eigenvalue weighted by atomic mass is 16.5. The molecule has 0 unspecified atom stereocenters. The van der Waals surface area contributed by atoms with Crippen molar-refractivity contribution in [2.45, 2.75) is 76.2 Å². The second kappa shape index (κ2) is 5.99. The average molecular weight is 238 g/mol. The highest BCUT2D eigenvalue weighted by Crippen LogP contribution is 2.37. The molecule has 0 amide bonds. The lowest BCUT2D eigenvalue weighted by Gasteiger charge is -2.37. The summed E-state index contributed by atoms with van der Waals surface area (Å²) in [5.41, 5.74) is -0.409. The van der Waals surface area contributed by atoms with Gasteiger partial charge in [-0.25, -0.2) is 0 Å². The Morgan fingerprint density at radius 1 is 0.941 bits per heavy atom. The van der Waals surface area contributed by atoms with Gasteiger partial charge in [0.15, 0.2) is 5.78 Å². The molecule has 0 aromatic rings. The number of carbonyl (C=O) groups excluding carboxylic acids is 1. The van der Waals surface area contributed by atoms with Gasteiger partial charge in [0.05, 0.1) is 0 Å². The van der Waals surface area contributed by atoms with Gasteiger partial charge < -0.3 is 4.74 Å². The second-order valence-corrected chi connectivity index (χ2v) is 5.81. The summed E-state index contributed by atoms with van der Waals surface area (Å²) in [4.78, 5) is 12.7. The molecule has 0 bridgehead atoms. The molecular weight excluding hydrogens is 212 g/mol. The van der Waals surface area contributed by atoms with Crippen LogP contribution in [0, 0.1) is 5.92 Å². The van der Waals surface area contributed by atoms with Crippen LogP contribution in [-0.2, 0) is 9.53 Å². The van der Waals surface area contributed by atoms with Crippen molar-refractivity contribution >= 4 is 5.78 Å². The zero-order chi connectivity index (χ0) is 12.1. The zero-order valence-corrected chi connectivity index (χ0v) is 11.2. The van der Waals surface area contributed by atoms with Gasteiger partial charge in [0, 0.05) is 13.0 Å². The van der Waals surface area contributed by atoms with Crippen LogP contribution in [0.15, 0.2) is 0 Å². The molecule has 0 aromatic carbocycles. The van der Waals surface area contributed by atoms with E-state index in [1.165, 1.54) is 32.1 Å². The van der Waals surface area contributed by atoms with Crippen molar-refractivity contribution in [1.82, 2.24) is 0 Å². The Kier molecular flexibility index (Phi) is 4.61. The van der Waals surface area contributed by atoms with Gasteiger partial charge in [0.2, 0.25) is 0 Å². The van der Waals surface area contributed by atoms with Crippen LogP contribution in [0.3, 0.4) is 0 Å². The maximum Gasteiger partial charge on any atom is 0.167 e. The third-order valence-corrected chi connectivity index (χ3v) is 4.73. The lowest BCUT2D eigenvalue weighted by Crippen LogP contribution is -2.46. The van der Waals surface area contributed by atoms with Crippen molar-refractivity contribution in [3.8, 4) is 0 Å². The Morgan fingerprint density at radius 2 is 1.47 bits per heavy atom. The van der Waals surface area contributed by atoms with Gasteiger partial charge in [-0.3, -0.25) is 4.79 Å². The largest absolute Gasteiger partial charge is 0.370 e. The van der Waals surface area contributed by atoms with Crippen molar-refractivity contribution < 1.29 is 9.53 Å². The van der Waals surface area contributed by atoms with Crippen molar-refractivity contribution in [1.29, 1.82) is 0 Å². The fraction of sp³-hybridized carbons (Fsp3) is 0.933. The topological polar surface area (TPSA) is 26.3 Å². The third-order valence-electron chi connectivity index (χ3n) is 4.73. The van der Waals surface area contributed by atoms with Gasteiger partial charge in [-0.05, 0) is 25.7 Å². The van der Waals surface area contributed by atoms with Crippen LogP contribution in [0.1, 0.15) is 70.6 Å². The molecule has 2 nitrogen and oxygen atoms in total. The van der Waals surface area contributed by atoms with Gasteiger partial charge >= 0.3 is 0 Å². The van der Waals surface area contributed by atoms with Crippen molar-refractivity contribution in [3.63, 3.8) is 0 Å². The number of rotatable bonds is 3. The Morgan fingerprint density at radius 3 is 2.00 bits per heavy atom. The Labute approximate surface area is 105 Å². The number of Topliss-reactive ketones (excluding diaryl/α,β-unsaturated/α-hetero) is 1. The molecule has 0 atom stereocenters. The Hall–Kier alpha value is -0.370. The van der Waals surface area contributed by atoms with Crippen LogP contribution in [0.2, 0.25) is 0 Å². The normalized spacial score (nSPS) is 26.4. The first-order chi connectivity index (χ1) is 8.28. The molecule has 0 aliphatic heterocycles. The predicted molar refractivity (Wildman–Crippen MR) is 69.0 cm³/mol. The maximum atomic E-state index is 12.7. The molecule has 2 saturated carbocycles. The molecule has 2 rings (SSSR count). The fourth-order valence-electron chi connectivity index (χ4n) is 3.59. The summed E-state index contributed by atoms with van der Waals surface area (Å²) in [6.07, 6.45) is 12.8. The summed E-state index contributed by atoms with van der Waals surface area (Å²) in [6.45, 7) is 0. The fourth-order valence-corrected chi connectivity index (χ4v) is 3.59. The molecule has 0 N–H and O–H groups in total. The molecule has 17 heavy (non-hydrogen) atoms. The minimum absolute atomic E-state index is 0.288. The molecule has 0 spiro atoms. The quantitative estimate of drug-likeness (QED) is 0.698. The number of methoxy groups -OCH3 is 1. The molecule has 2 heteroatoms. The number of ketones is 1. The molecule has 2 aliphatic rings. The highest BCUT2D eigenvalue weighted by Gasteiger charge is 2.42. The SMILES string of the molecule is COC1(C(=O)C2CCCCCC2)CCCCC1. The average Bonchev–Trinajstić information content (AvgIpc) is 2.67. The second-order valence-electron chi connectivity index (χ2n) is 5.81. The maximum absolute atomic E-state index is 12.7. The lowest BCUT2D eigenvalue weighted by molar-refractivity contribution is -0.150. The summed E-state index contributed by atoms with van der Waals surface area (Å²) >= 11 is 0. The summed E-state index contributed by atoms with van der Waals surface area (Å²) in [5, 5.41) is 0. The lowest BCUT2D eigenvalue weighted by atomic mass is 9.75.